The van der Waals surface area contributed by atoms with E-state index in [0.29, 0.717) is 56.2 Å². The highest BCUT2D eigenvalue weighted by atomic mass is 16.5. The molecule has 350 valence electrons. The van der Waals surface area contributed by atoms with Crippen molar-refractivity contribution < 1.29 is 21.6 Å². The van der Waals surface area contributed by atoms with E-state index in [2.05, 4.69) is 86.3 Å². The Kier molecular flexibility index (Phi) is 9.49. The third-order valence-corrected chi connectivity index (χ3v) is 12.7. The number of hydrogen-bond donors (Lipinski definition) is 0. The van der Waals surface area contributed by atoms with Gasteiger partial charge < -0.3 is 4.74 Å². The van der Waals surface area contributed by atoms with Gasteiger partial charge in [0.05, 0.1) is 40.3 Å². The van der Waals surface area contributed by atoms with Crippen LogP contribution in [-0.4, -0.2) is 14.1 Å². The lowest BCUT2D eigenvalue weighted by Crippen LogP contribution is -2.31. The first-order chi connectivity index (χ1) is 38.0. The van der Waals surface area contributed by atoms with Gasteiger partial charge in [0.15, 0.2) is 0 Å². The molecule has 0 N–H and O–H groups in total. The topological polar surface area (TPSA) is 35.9 Å². The minimum Gasteiger partial charge on any atom is -0.458 e. The maximum atomic E-state index is 9.27. The molecule has 0 amide bonds. The number of nitrogens with zero attached hydrogens (tertiary/aromatic N) is 4. The standard InChI is InChI=1S/C66H60N4O/c1-44(2)34-46-36-47(35-45(3)4)38-51(37-46)57-25-17-24-56(49-20-12-9-13-21-49)65(57)69-43-68(61-26-14-15-27-62(61)69)53-22-16-23-54(41-53)71-55-29-30-58-59-39-50(48-18-10-8-11-19-48)28-31-60(59)70(63(58)42-55)64-40-52(32-33-67-64)66(5,6)7/h8-33,36-42,44-45H,34-35H2,1-7H3/i9D,12D,13D,20D,21D,34D2,35D2. The van der Waals surface area contributed by atoms with E-state index < -0.39 is 54.8 Å². The summed E-state index contributed by atoms with van der Waals surface area (Å²) in [6.07, 6.45) is 1.74. The van der Waals surface area contributed by atoms with Crippen LogP contribution in [0.3, 0.4) is 0 Å². The number of hydrogen-bond acceptors (Lipinski definition) is 2. The summed E-state index contributed by atoms with van der Waals surface area (Å²) in [6, 6.07) is 50.7. The number of fused-ring (bicyclic) bond motifs is 4. The molecule has 3 aromatic heterocycles. The number of imidazole rings is 1. The molecular formula is C66H60N4O. The molecular weight excluding hydrogens is 865 g/mol. The SMILES string of the molecule is [2H]c1c([2H])c([2H])c(-c2cccc(-c3cc(C([2H])([2H])C(C)C)cc(C([2H])([2H])C(C)C)c3)c2-[n+]2[c-]n(-c3cccc(Oc4ccc5c6cc(-c7ccccc7)ccc6n(-c6cc(C(C)(C)C)ccn6)c5c4)c3)c3ccccc32)c([2H])c1[2H]. The highest BCUT2D eigenvalue weighted by Crippen LogP contribution is 2.40. The first-order valence-corrected chi connectivity index (χ1v) is 24.3. The summed E-state index contributed by atoms with van der Waals surface area (Å²) < 4.78 is 94.3. The van der Waals surface area contributed by atoms with Crippen LogP contribution in [0.4, 0.5) is 0 Å². The Bertz CT molecular complexity index is 4160. The van der Waals surface area contributed by atoms with Crippen molar-refractivity contribution in [3.05, 3.63) is 223 Å². The monoisotopic (exact) mass is 934 g/mol. The van der Waals surface area contributed by atoms with E-state index in [1.54, 1.807) is 58.0 Å². The normalized spacial score (nSPS) is 14.2. The maximum Gasteiger partial charge on any atom is 0.269 e. The summed E-state index contributed by atoms with van der Waals surface area (Å²) in [5, 5.41) is 2.13. The quantitative estimate of drug-likeness (QED) is 0.0904. The fourth-order valence-corrected chi connectivity index (χ4v) is 9.59. The van der Waals surface area contributed by atoms with E-state index in [1.807, 2.05) is 94.2 Å². The van der Waals surface area contributed by atoms with Gasteiger partial charge in [-0.3, -0.25) is 13.7 Å². The van der Waals surface area contributed by atoms with E-state index in [-0.39, 0.29) is 11.0 Å². The third kappa shape index (κ3) is 9.05. The number of ether oxygens (including phenoxy) is 1. The number of para-hydroxylation sites is 3. The fourth-order valence-electron chi connectivity index (χ4n) is 9.59. The first-order valence-electron chi connectivity index (χ1n) is 28.8. The Morgan fingerprint density at radius 3 is 2.04 bits per heavy atom. The lowest BCUT2D eigenvalue weighted by molar-refractivity contribution is -0.571. The zero-order chi connectivity index (χ0) is 56.7. The third-order valence-electron chi connectivity index (χ3n) is 12.7. The molecule has 0 aliphatic rings. The number of rotatable bonds is 12. The molecule has 0 aliphatic heterocycles. The lowest BCUT2D eigenvalue weighted by Gasteiger charge is -2.20. The molecule has 0 spiro atoms. The Morgan fingerprint density at radius 1 is 0.592 bits per heavy atom. The molecule has 71 heavy (non-hydrogen) atoms. The fraction of sp³-hybridized carbons (Fsp3) is 0.182. The predicted molar refractivity (Wildman–Crippen MR) is 294 cm³/mol. The van der Waals surface area contributed by atoms with Crippen LogP contribution >= 0.6 is 0 Å². The van der Waals surface area contributed by atoms with E-state index in [9.17, 15) is 8.22 Å². The summed E-state index contributed by atoms with van der Waals surface area (Å²) in [6.45, 7) is 13.8. The summed E-state index contributed by atoms with van der Waals surface area (Å²) in [4.78, 5) is 4.93. The molecule has 5 nitrogen and oxygen atoms in total. The minimum atomic E-state index is -1.86. The van der Waals surface area contributed by atoms with E-state index >= 15 is 0 Å². The molecule has 11 aromatic rings. The Hall–Kier alpha value is -8.02. The number of benzene rings is 8. The second-order valence-corrected chi connectivity index (χ2v) is 19.7. The van der Waals surface area contributed by atoms with Crippen molar-refractivity contribution in [3.63, 3.8) is 0 Å². The van der Waals surface area contributed by atoms with Crippen molar-refractivity contribution in [1.29, 1.82) is 0 Å². The van der Waals surface area contributed by atoms with E-state index in [4.69, 9.17) is 13.8 Å². The van der Waals surface area contributed by atoms with Crippen molar-refractivity contribution in [2.24, 2.45) is 11.8 Å². The predicted octanol–water partition coefficient (Wildman–Crippen LogP) is 16.7. The van der Waals surface area contributed by atoms with Crippen LogP contribution in [0.5, 0.6) is 11.5 Å². The van der Waals surface area contributed by atoms with Gasteiger partial charge in [0.25, 0.3) is 6.33 Å². The Balaban J connectivity index is 1.09. The zero-order valence-electron chi connectivity index (χ0n) is 50.0. The van der Waals surface area contributed by atoms with Gasteiger partial charge in [-0.1, -0.05) is 182 Å². The van der Waals surface area contributed by atoms with Crippen molar-refractivity contribution >= 4 is 32.8 Å². The summed E-state index contributed by atoms with van der Waals surface area (Å²) in [5.74, 6) is 1.01. The molecule has 5 heteroatoms. The van der Waals surface area contributed by atoms with Crippen molar-refractivity contribution in [1.82, 2.24) is 14.1 Å². The second kappa shape index (κ2) is 18.7. The van der Waals surface area contributed by atoms with Crippen LogP contribution in [0.15, 0.2) is 200 Å². The van der Waals surface area contributed by atoms with Crippen molar-refractivity contribution in [3.8, 4) is 62.1 Å². The van der Waals surface area contributed by atoms with Gasteiger partial charge in [0, 0.05) is 28.5 Å². The summed E-state index contributed by atoms with van der Waals surface area (Å²) >= 11 is 0. The van der Waals surface area contributed by atoms with Gasteiger partial charge in [0.1, 0.15) is 17.3 Å². The van der Waals surface area contributed by atoms with Crippen LogP contribution in [0.25, 0.3) is 83.4 Å². The Labute approximate surface area is 431 Å². The number of pyridine rings is 1. The zero-order valence-corrected chi connectivity index (χ0v) is 41.0. The smallest absolute Gasteiger partial charge is 0.269 e. The highest BCUT2D eigenvalue weighted by Gasteiger charge is 2.22. The lowest BCUT2D eigenvalue weighted by atomic mass is 9.88. The van der Waals surface area contributed by atoms with Crippen LogP contribution < -0.4 is 9.30 Å². The average Bonchev–Trinajstić information content (AvgIpc) is 3.48. The molecule has 0 saturated heterocycles. The van der Waals surface area contributed by atoms with Gasteiger partial charge in [-0.25, -0.2) is 4.98 Å². The largest absolute Gasteiger partial charge is 0.458 e. The number of aromatic nitrogens is 4. The van der Waals surface area contributed by atoms with Crippen LogP contribution in [0.1, 0.15) is 77.5 Å². The average molecular weight is 934 g/mol. The molecule has 0 unspecified atom stereocenters. The van der Waals surface area contributed by atoms with Crippen molar-refractivity contribution in [2.75, 3.05) is 0 Å². The molecule has 0 fully saturated rings. The maximum absolute atomic E-state index is 9.27. The van der Waals surface area contributed by atoms with Crippen LogP contribution in [-0.2, 0) is 18.2 Å². The van der Waals surface area contributed by atoms with Crippen molar-refractivity contribution in [2.45, 2.75) is 66.6 Å². The van der Waals surface area contributed by atoms with Gasteiger partial charge >= 0.3 is 0 Å². The molecule has 8 aromatic carbocycles. The molecule has 0 atom stereocenters. The molecule has 3 heterocycles. The molecule has 0 aliphatic carbocycles. The Morgan fingerprint density at radius 2 is 1.30 bits per heavy atom. The van der Waals surface area contributed by atoms with Gasteiger partial charge in [0.2, 0.25) is 0 Å². The summed E-state index contributed by atoms with van der Waals surface area (Å²) in [5.41, 5.74) is 9.52. The summed E-state index contributed by atoms with van der Waals surface area (Å²) in [7, 11) is 0. The van der Waals surface area contributed by atoms with E-state index in [0.717, 1.165) is 49.8 Å². The second-order valence-electron chi connectivity index (χ2n) is 19.7. The van der Waals surface area contributed by atoms with Crippen LogP contribution in [0.2, 0.25) is 0 Å². The van der Waals surface area contributed by atoms with Gasteiger partial charge in [-0.15, -0.1) is 0 Å². The van der Waals surface area contributed by atoms with Gasteiger partial charge in [-0.05, 0) is 135 Å². The van der Waals surface area contributed by atoms with Crippen LogP contribution in [0, 0.1) is 18.2 Å². The first kappa shape index (κ1) is 36.0. The molecule has 0 bridgehead atoms. The molecule has 0 radical (unpaired) electrons. The van der Waals surface area contributed by atoms with Gasteiger partial charge in [-0.2, -0.15) is 0 Å². The van der Waals surface area contributed by atoms with E-state index in [1.165, 1.54) is 0 Å². The minimum absolute atomic E-state index is 0.0299. The molecule has 0 saturated carbocycles. The highest BCUT2D eigenvalue weighted by molar-refractivity contribution is 6.10. The molecule has 11 rings (SSSR count).